The molecular weight excluding hydrogens is 290 g/mol. The van der Waals surface area contributed by atoms with Gasteiger partial charge in [-0.3, -0.25) is 9.59 Å². The third-order valence-electron chi connectivity index (χ3n) is 3.57. The van der Waals surface area contributed by atoms with E-state index >= 15 is 0 Å². The summed E-state index contributed by atoms with van der Waals surface area (Å²) in [5.74, 6) is -0.00205. The molecular formula is C15H22ClN3O2. The SMILES string of the molecule is CC(=O)NCc1ccc(C(=O)N2CCC(N)CC2)cc1.Cl. The summed E-state index contributed by atoms with van der Waals surface area (Å²) in [6.45, 7) is 3.43. The Morgan fingerprint density at radius 3 is 2.33 bits per heavy atom. The second-order valence-corrected chi connectivity index (χ2v) is 5.24. The van der Waals surface area contributed by atoms with Crippen molar-refractivity contribution in [1.29, 1.82) is 0 Å². The standard InChI is InChI=1S/C15H21N3O2.ClH/c1-11(19)17-10-12-2-4-13(5-3-12)15(20)18-8-6-14(16)7-9-18;/h2-5,14H,6-10,16H2,1H3,(H,17,19);1H. The molecule has 0 aliphatic carbocycles. The first-order valence-electron chi connectivity index (χ1n) is 6.94. The van der Waals surface area contributed by atoms with E-state index in [1.165, 1.54) is 6.92 Å². The summed E-state index contributed by atoms with van der Waals surface area (Å²) in [7, 11) is 0. The number of nitrogens with one attached hydrogen (secondary N) is 1. The topological polar surface area (TPSA) is 75.4 Å². The lowest BCUT2D eigenvalue weighted by atomic mass is 10.0. The van der Waals surface area contributed by atoms with Crippen molar-refractivity contribution in [1.82, 2.24) is 10.2 Å². The van der Waals surface area contributed by atoms with Gasteiger partial charge in [-0.05, 0) is 30.5 Å². The Morgan fingerprint density at radius 1 is 1.24 bits per heavy atom. The Hall–Kier alpha value is -1.59. The minimum absolute atomic E-state index is 0. The number of benzene rings is 1. The fourth-order valence-electron chi connectivity index (χ4n) is 2.28. The summed E-state index contributed by atoms with van der Waals surface area (Å²) in [4.78, 5) is 25.0. The molecule has 2 amide bonds. The monoisotopic (exact) mass is 311 g/mol. The summed E-state index contributed by atoms with van der Waals surface area (Å²) in [6.07, 6.45) is 1.73. The Balaban J connectivity index is 0.00000220. The van der Waals surface area contributed by atoms with E-state index in [9.17, 15) is 9.59 Å². The van der Waals surface area contributed by atoms with E-state index in [0.29, 0.717) is 12.1 Å². The highest BCUT2D eigenvalue weighted by Gasteiger charge is 2.21. The quantitative estimate of drug-likeness (QED) is 0.883. The number of rotatable bonds is 3. The fourth-order valence-corrected chi connectivity index (χ4v) is 2.28. The fraction of sp³-hybridized carbons (Fsp3) is 0.467. The van der Waals surface area contributed by atoms with E-state index in [1.54, 1.807) is 0 Å². The van der Waals surface area contributed by atoms with Gasteiger partial charge in [0.15, 0.2) is 0 Å². The Morgan fingerprint density at radius 2 is 1.81 bits per heavy atom. The molecule has 1 fully saturated rings. The van der Waals surface area contributed by atoms with Crippen molar-refractivity contribution in [3.63, 3.8) is 0 Å². The molecule has 21 heavy (non-hydrogen) atoms. The van der Waals surface area contributed by atoms with Crippen molar-refractivity contribution in [3.05, 3.63) is 35.4 Å². The molecule has 1 aliphatic rings. The molecule has 0 bridgehead atoms. The van der Waals surface area contributed by atoms with Gasteiger partial charge >= 0.3 is 0 Å². The van der Waals surface area contributed by atoms with Gasteiger partial charge in [0, 0.05) is 38.2 Å². The zero-order valence-corrected chi connectivity index (χ0v) is 13.0. The van der Waals surface area contributed by atoms with Crippen LogP contribution in [0.1, 0.15) is 35.7 Å². The van der Waals surface area contributed by atoms with Gasteiger partial charge in [0.05, 0.1) is 0 Å². The Bertz CT molecular complexity index is 482. The summed E-state index contributed by atoms with van der Waals surface area (Å²) in [5.41, 5.74) is 7.51. The van der Waals surface area contributed by atoms with E-state index < -0.39 is 0 Å². The molecule has 1 aromatic rings. The number of amides is 2. The predicted molar refractivity (Wildman–Crippen MR) is 84.3 cm³/mol. The largest absolute Gasteiger partial charge is 0.352 e. The molecule has 3 N–H and O–H groups in total. The zero-order valence-electron chi connectivity index (χ0n) is 12.2. The zero-order chi connectivity index (χ0) is 14.5. The van der Waals surface area contributed by atoms with E-state index in [1.807, 2.05) is 29.2 Å². The molecule has 0 radical (unpaired) electrons. The molecule has 1 saturated heterocycles. The molecule has 6 heteroatoms. The van der Waals surface area contributed by atoms with Crippen molar-refractivity contribution >= 4 is 24.2 Å². The van der Waals surface area contributed by atoms with E-state index in [2.05, 4.69) is 5.32 Å². The Labute approximate surface area is 131 Å². The maximum Gasteiger partial charge on any atom is 0.253 e. The maximum atomic E-state index is 12.3. The lowest BCUT2D eigenvalue weighted by Gasteiger charge is -2.30. The minimum Gasteiger partial charge on any atom is -0.352 e. The maximum absolute atomic E-state index is 12.3. The molecule has 1 heterocycles. The van der Waals surface area contributed by atoms with Crippen LogP contribution in [-0.2, 0) is 11.3 Å². The van der Waals surface area contributed by atoms with Crippen LogP contribution in [0.15, 0.2) is 24.3 Å². The van der Waals surface area contributed by atoms with Crippen LogP contribution in [0.3, 0.4) is 0 Å². The molecule has 0 aromatic heterocycles. The summed E-state index contributed by atoms with van der Waals surface area (Å²) in [5, 5.41) is 2.73. The number of carbonyl (C=O) groups excluding carboxylic acids is 2. The minimum atomic E-state index is -0.0604. The highest BCUT2D eigenvalue weighted by atomic mass is 35.5. The average molecular weight is 312 g/mol. The molecule has 116 valence electrons. The van der Waals surface area contributed by atoms with Gasteiger partial charge in [-0.2, -0.15) is 0 Å². The van der Waals surface area contributed by atoms with Crippen LogP contribution < -0.4 is 11.1 Å². The number of nitrogens with two attached hydrogens (primary N) is 1. The summed E-state index contributed by atoms with van der Waals surface area (Å²) < 4.78 is 0. The van der Waals surface area contributed by atoms with Crippen LogP contribution in [0.2, 0.25) is 0 Å². The highest BCUT2D eigenvalue weighted by molar-refractivity contribution is 5.94. The van der Waals surface area contributed by atoms with E-state index in [4.69, 9.17) is 5.73 Å². The molecule has 0 saturated carbocycles. The summed E-state index contributed by atoms with van der Waals surface area (Å²) in [6, 6.07) is 7.60. The molecule has 1 aliphatic heterocycles. The normalized spacial score (nSPS) is 15.2. The number of hydrogen-bond donors (Lipinski definition) is 2. The lowest BCUT2D eigenvalue weighted by molar-refractivity contribution is -0.119. The smallest absolute Gasteiger partial charge is 0.253 e. The third-order valence-corrected chi connectivity index (χ3v) is 3.57. The number of hydrogen-bond acceptors (Lipinski definition) is 3. The molecule has 5 nitrogen and oxygen atoms in total. The van der Waals surface area contributed by atoms with Crippen molar-refractivity contribution in [3.8, 4) is 0 Å². The predicted octanol–water partition coefficient (Wildman–Crippen LogP) is 1.31. The van der Waals surface area contributed by atoms with Gasteiger partial charge in [-0.15, -0.1) is 12.4 Å². The van der Waals surface area contributed by atoms with Gasteiger partial charge in [-0.1, -0.05) is 12.1 Å². The number of likely N-dealkylation sites (tertiary alicyclic amines) is 1. The first kappa shape index (κ1) is 17.5. The van der Waals surface area contributed by atoms with Crippen LogP contribution in [0.4, 0.5) is 0 Å². The molecule has 2 rings (SSSR count). The average Bonchev–Trinajstić information content (AvgIpc) is 2.46. The van der Waals surface area contributed by atoms with Crippen molar-refractivity contribution in [2.75, 3.05) is 13.1 Å². The van der Waals surface area contributed by atoms with Crippen LogP contribution in [0.25, 0.3) is 0 Å². The van der Waals surface area contributed by atoms with Gasteiger partial charge in [0.1, 0.15) is 0 Å². The van der Waals surface area contributed by atoms with Gasteiger partial charge in [-0.25, -0.2) is 0 Å². The second kappa shape index (κ2) is 8.00. The molecule has 1 aromatic carbocycles. The molecule has 0 atom stereocenters. The van der Waals surface area contributed by atoms with Crippen molar-refractivity contribution in [2.45, 2.75) is 32.4 Å². The number of halogens is 1. The van der Waals surface area contributed by atoms with Gasteiger partial charge in [0.25, 0.3) is 5.91 Å². The third kappa shape index (κ3) is 5.02. The van der Waals surface area contributed by atoms with E-state index in [-0.39, 0.29) is 30.3 Å². The lowest BCUT2D eigenvalue weighted by Crippen LogP contribution is -2.42. The highest BCUT2D eigenvalue weighted by Crippen LogP contribution is 2.13. The van der Waals surface area contributed by atoms with Crippen LogP contribution >= 0.6 is 12.4 Å². The van der Waals surface area contributed by atoms with Gasteiger partial charge < -0.3 is 16.0 Å². The summed E-state index contributed by atoms with van der Waals surface area (Å²) >= 11 is 0. The van der Waals surface area contributed by atoms with Crippen LogP contribution in [0, 0.1) is 0 Å². The first-order valence-corrected chi connectivity index (χ1v) is 6.94. The molecule has 0 unspecified atom stereocenters. The van der Waals surface area contributed by atoms with Crippen molar-refractivity contribution in [2.24, 2.45) is 5.73 Å². The number of piperidine rings is 1. The Kier molecular flexibility index (Phi) is 6.65. The van der Waals surface area contributed by atoms with E-state index in [0.717, 1.165) is 31.5 Å². The number of nitrogens with zero attached hydrogens (tertiary/aromatic N) is 1. The first-order chi connectivity index (χ1) is 9.56. The van der Waals surface area contributed by atoms with Crippen LogP contribution in [-0.4, -0.2) is 35.8 Å². The van der Waals surface area contributed by atoms with Crippen molar-refractivity contribution < 1.29 is 9.59 Å². The second-order valence-electron chi connectivity index (χ2n) is 5.24. The van der Waals surface area contributed by atoms with Crippen LogP contribution in [0.5, 0.6) is 0 Å². The molecule has 0 spiro atoms. The van der Waals surface area contributed by atoms with Gasteiger partial charge in [0.2, 0.25) is 5.91 Å². The number of carbonyl (C=O) groups is 2.